The molecule has 3 N–H and O–H groups in total. The van der Waals surface area contributed by atoms with Crippen LogP contribution in [0.2, 0.25) is 0 Å². The molecule has 1 saturated heterocycles. The van der Waals surface area contributed by atoms with Gasteiger partial charge in [0.2, 0.25) is 0 Å². The lowest BCUT2D eigenvalue weighted by molar-refractivity contribution is 0.0691. The number of nitrogens with zero attached hydrogens (tertiary/aromatic N) is 2. The Balaban J connectivity index is 2.08. The maximum atomic E-state index is 14.2. The van der Waals surface area contributed by atoms with E-state index in [1.165, 1.54) is 6.07 Å². The molecular weight excluding hydrogens is 325 g/mol. The number of ether oxygens (including phenoxy) is 1. The summed E-state index contributed by atoms with van der Waals surface area (Å²) in [5, 5.41) is 18.2. The topological polar surface area (TPSA) is 109 Å². The van der Waals surface area contributed by atoms with Gasteiger partial charge in [-0.2, -0.15) is 5.26 Å². The molecule has 6 nitrogen and oxygen atoms in total. The second kappa shape index (κ2) is 6.87. The first-order valence-corrected chi connectivity index (χ1v) is 7.81. The van der Waals surface area contributed by atoms with Crippen LogP contribution in [0.15, 0.2) is 24.4 Å². The first-order chi connectivity index (χ1) is 12.0. The molecule has 3 rings (SSSR count). The highest BCUT2D eigenvalue weighted by molar-refractivity contribution is 5.92. The van der Waals surface area contributed by atoms with Gasteiger partial charge in [0.1, 0.15) is 23.3 Å². The van der Waals surface area contributed by atoms with Crippen molar-refractivity contribution in [3.63, 3.8) is 0 Å². The Hall–Kier alpha value is -2.98. The van der Waals surface area contributed by atoms with Crippen LogP contribution in [0.4, 0.5) is 10.2 Å². The Morgan fingerprint density at radius 1 is 1.36 bits per heavy atom. The van der Waals surface area contributed by atoms with Gasteiger partial charge >= 0.3 is 5.97 Å². The predicted octanol–water partition coefficient (Wildman–Crippen LogP) is 2.93. The van der Waals surface area contributed by atoms with E-state index in [1.807, 2.05) is 6.07 Å². The van der Waals surface area contributed by atoms with E-state index < -0.39 is 17.3 Å². The Morgan fingerprint density at radius 2 is 2.08 bits per heavy atom. The van der Waals surface area contributed by atoms with Gasteiger partial charge < -0.3 is 15.6 Å². The van der Waals surface area contributed by atoms with E-state index in [2.05, 4.69) is 4.98 Å². The maximum Gasteiger partial charge on any atom is 0.340 e. The number of rotatable bonds is 3. The molecule has 0 saturated carbocycles. The van der Waals surface area contributed by atoms with Crippen molar-refractivity contribution >= 4 is 11.8 Å². The number of halogens is 1. The van der Waals surface area contributed by atoms with Gasteiger partial charge in [-0.25, -0.2) is 14.2 Å². The molecule has 0 aliphatic carbocycles. The summed E-state index contributed by atoms with van der Waals surface area (Å²) in [6, 6.07) is 5.96. The number of nitrogens with two attached hydrogens (primary N) is 1. The third kappa shape index (κ3) is 3.30. The Kier molecular flexibility index (Phi) is 4.63. The van der Waals surface area contributed by atoms with Crippen molar-refractivity contribution in [3.8, 4) is 17.2 Å². The lowest BCUT2D eigenvalue weighted by atomic mass is 9.90. The van der Waals surface area contributed by atoms with Gasteiger partial charge in [-0.15, -0.1) is 0 Å². The van der Waals surface area contributed by atoms with Crippen molar-refractivity contribution in [1.82, 2.24) is 4.98 Å². The molecule has 1 aromatic carbocycles. The molecule has 25 heavy (non-hydrogen) atoms. The van der Waals surface area contributed by atoms with Gasteiger partial charge in [0.25, 0.3) is 0 Å². The Labute approximate surface area is 143 Å². The predicted molar refractivity (Wildman–Crippen MR) is 88.5 cm³/mol. The minimum atomic E-state index is -1.48. The third-order valence-corrected chi connectivity index (χ3v) is 4.37. The van der Waals surface area contributed by atoms with Crippen LogP contribution in [-0.2, 0) is 4.74 Å². The van der Waals surface area contributed by atoms with Crippen LogP contribution in [0.25, 0.3) is 11.1 Å². The zero-order valence-electron chi connectivity index (χ0n) is 13.3. The molecule has 1 aliphatic heterocycles. The molecule has 0 amide bonds. The van der Waals surface area contributed by atoms with Gasteiger partial charge in [0.15, 0.2) is 0 Å². The number of aromatic carboxylic acids is 1. The van der Waals surface area contributed by atoms with Gasteiger partial charge in [0, 0.05) is 25.0 Å². The summed E-state index contributed by atoms with van der Waals surface area (Å²) in [4.78, 5) is 15.3. The number of benzene rings is 1. The standard InChI is InChI=1S/C18H16FN3O3/c19-15-7-11(5-12(8-20)16(15)18(23)24)14-6-13(9-22-17(14)21)10-1-3-25-4-2-10/h5-7,9-10H,1-4H2,(H2,21,22)(H,23,24). The number of anilines is 1. The number of carbonyl (C=O) groups is 1. The summed E-state index contributed by atoms with van der Waals surface area (Å²) in [5.41, 5.74) is 6.82. The molecule has 1 fully saturated rings. The first kappa shape index (κ1) is 16.9. The molecule has 0 atom stereocenters. The molecule has 1 aromatic heterocycles. The van der Waals surface area contributed by atoms with Gasteiger partial charge in [-0.05, 0) is 48.1 Å². The molecule has 128 valence electrons. The summed E-state index contributed by atoms with van der Waals surface area (Å²) in [6.45, 7) is 1.34. The molecule has 0 bridgehead atoms. The second-order valence-corrected chi connectivity index (χ2v) is 5.89. The largest absolute Gasteiger partial charge is 0.478 e. The highest BCUT2D eigenvalue weighted by Crippen LogP contribution is 2.33. The molecule has 1 aliphatic rings. The Morgan fingerprint density at radius 3 is 2.72 bits per heavy atom. The zero-order valence-corrected chi connectivity index (χ0v) is 13.3. The van der Waals surface area contributed by atoms with E-state index in [-0.39, 0.29) is 17.3 Å². The number of carboxylic acids is 1. The van der Waals surface area contributed by atoms with Crippen molar-refractivity contribution < 1.29 is 19.0 Å². The van der Waals surface area contributed by atoms with Crippen LogP contribution in [0, 0.1) is 17.1 Å². The highest BCUT2D eigenvalue weighted by Gasteiger charge is 2.21. The van der Waals surface area contributed by atoms with Crippen molar-refractivity contribution in [2.45, 2.75) is 18.8 Å². The summed E-state index contributed by atoms with van der Waals surface area (Å²) in [7, 11) is 0. The molecule has 0 unspecified atom stereocenters. The number of aromatic nitrogens is 1. The monoisotopic (exact) mass is 341 g/mol. The molecule has 2 heterocycles. The van der Waals surface area contributed by atoms with Crippen molar-refractivity contribution in [2.24, 2.45) is 0 Å². The quantitative estimate of drug-likeness (QED) is 0.888. The second-order valence-electron chi connectivity index (χ2n) is 5.89. The maximum absolute atomic E-state index is 14.2. The van der Waals surface area contributed by atoms with E-state index >= 15 is 0 Å². The van der Waals surface area contributed by atoms with Crippen LogP contribution in [0.3, 0.4) is 0 Å². The number of pyridine rings is 1. The summed E-state index contributed by atoms with van der Waals surface area (Å²) < 4.78 is 19.6. The molecule has 0 spiro atoms. The minimum Gasteiger partial charge on any atom is -0.478 e. The van der Waals surface area contributed by atoms with E-state index in [1.54, 1.807) is 12.3 Å². The van der Waals surface area contributed by atoms with Crippen LogP contribution in [0.5, 0.6) is 0 Å². The highest BCUT2D eigenvalue weighted by atomic mass is 19.1. The fourth-order valence-electron chi connectivity index (χ4n) is 3.04. The minimum absolute atomic E-state index is 0.196. The summed E-state index contributed by atoms with van der Waals surface area (Å²) in [6.07, 6.45) is 3.42. The lowest BCUT2D eigenvalue weighted by Crippen LogP contribution is -2.14. The molecule has 0 radical (unpaired) electrons. The van der Waals surface area contributed by atoms with E-state index in [9.17, 15) is 9.18 Å². The van der Waals surface area contributed by atoms with E-state index in [0.29, 0.717) is 24.3 Å². The summed E-state index contributed by atoms with van der Waals surface area (Å²) >= 11 is 0. The lowest BCUT2D eigenvalue weighted by Gasteiger charge is -2.23. The zero-order chi connectivity index (χ0) is 18.0. The smallest absolute Gasteiger partial charge is 0.340 e. The van der Waals surface area contributed by atoms with E-state index in [0.717, 1.165) is 24.5 Å². The van der Waals surface area contributed by atoms with Crippen molar-refractivity contribution in [2.75, 3.05) is 18.9 Å². The number of carboxylic acid groups (broad SMARTS) is 1. The van der Waals surface area contributed by atoms with Crippen molar-refractivity contribution in [1.29, 1.82) is 5.26 Å². The number of hydrogen-bond acceptors (Lipinski definition) is 5. The average Bonchev–Trinajstić information content (AvgIpc) is 2.61. The number of hydrogen-bond donors (Lipinski definition) is 2. The van der Waals surface area contributed by atoms with Crippen LogP contribution >= 0.6 is 0 Å². The van der Waals surface area contributed by atoms with Crippen LogP contribution < -0.4 is 5.73 Å². The van der Waals surface area contributed by atoms with Gasteiger partial charge in [-0.1, -0.05) is 0 Å². The third-order valence-electron chi connectivity index (χ3n) is 4.37. The van der Waals surface area contributed by atoms with Crippen molar-refractivity contribution in [3.05, 3.63) is 46.9 Å². The van der Waals surface area contributed by atoms with Crippen LogP contribution in [-0.4, -0.2) is 29.3 Å². The van der Waals surface area contributed by atoms with E-state index in [4.69, 9.17) is 20.8 Å². The van der Waals surface area contributed by atoms with Crippen LogP contribution in [0.1, 0.15) is 40.2 Å². The molecule has 7 heteroatoms. The van der Waals surface area contributed by atoms with Gasteiger partial charge in [0.05, 0.1) is 5.56 Å². The average molecular weight is 341 g/mol. The van der Waals surface area contributed by atoms with Gasteiger partial charge in [-0.3, -0.25) is 0 Å². The number of nitriles is 1. The molecule has 2 aromatic rings. The Bertz CT molecular complexity index is 871. The SMILES string of the molecule is N#Cc1cc(-c2cc(C3CCOCC3)cnc2N)cc(F)c1C(=O)O. The molecular formula is C18H16FN3O3. The fourth-order valence-corrected chi connectivity index (χ4v) is 3.04. The normalized spacial score (nSPS) is 14.9. The number of nitrogen functional groups attached to an aromatic ring is 1. The fraction of sp³-hybridized carbons (Fsp3) is 0.278. The first-order valence-electron chi connectivity index (χ1n) is 7.81. The summed E-state index contributed by atoms with van der Waals surface area (Å²) in [5.74, 6) is -1.98.